The first-order valence-corrected chi connectivity index (χ1v) is 5.89. The molecule has 1 rings (SSSR count). The van der Waals surface area contributed by atoms with Crippen LogP contribution < -0.4 is 10.9 Å². The molecular weight excluding hydrogens is 246 g/mol. The Morgan fingerprint density at radius 2 is 2.16 bits per heavy atom. The summed E-state index contributed by atoms with van der Waals surface area (Å²) in [6.45, 7) is 5.85. The number of nitrogens with one attached hydrogen (secondary N) is 1. The first kappa shape index (κ1) is 14.8. The highest BCUT2D eigenvalue weighted by Crippen LogP contribution is 2.06. The highest BCUT2D eigenvalue weighted by atomic mass is 16.6. The minimum absolute atomic E-state index is 0.218. The topological polar surface area (TPSA) is 84.1 Å². The Bertz CT molecular complexity index is 549. The van der Waals surface area contributed by atoms with Crippen molar-refractivity contribution in [1.82, 2.24) is 9.88 Å². The van der Waals surface area contributed by atoms with Crippen LogP contribution in [-0.2, 0) is 11.3 Å². The van der Waals surface area contributed by atoms with E-state index in [0.717, 1.165) is 0 Å². The van der Waals surface area contributed by atoms with Crippen LogP contribution in [0.2, 0.25) is 0 Å². The Morgan fingerprint density at radius 3 is 2.74 bits per heavy atom. The third-order valence-electron chi connectivity index (χ3n) is 2.13. The number of carbonyl (C=O) groups is 1. The van der Waals surface area contributed by atoms with Crippen LogP contribution in [0.5, 0.6) is 0 Å². The number of aromatic nitrogens is 1. The van der Waals surface area contributed by atoms with E-state index < -0.39 is 11.7 Å². The molecule has 0 aliphatic rings. The molecule has 0 radical (unpaired) electrons. The number of ether oxygens (including phenoxy) is 1. The molecule has 1 N–H and O–H groups in total. The number of amides is 1. The number of hydrogen-bond donors (Lipinski definition) is 1. The Balaban J connectivity index is 2.52. The summed E-state index contributed by atoms with van der Waals surface area (Å²) in [5, 5.41) is 11.3. The van der Waals surface area contributed by atoms with Gasteiger partial charge in [-0.2, -0.15) is 5.26 Å². The Kier molecular flexibility index (Phi) is 4.70. The van der Waals surface area contributed by atoms with Gasteiger partial charge in [-0.05, 0) is 26.8 Å². The molecular formula is C13H17N3O3. The normalized spacial score (nSPS) is 10.6. The molecule has 0 aliphatic carbocycles. The lowest BCUT2D eigenvalue weighted by molar-refractivity contribution is 0.0526. The van der Waals surface area contributed by atoms with E-state index >= 15 is 0 Å². The molecule has 6 heteroatoms. The zero-order valence-corrected chi connectivity index (χ0v) is 11.3. The van der Waals surface area contributed by atoms with Crippen molar-refractivity contribution in [3.05, 3.63) is 34.2 Å². The highest BCUT2D eigenvalue weighted by Gasteiger charge is 2.15. The van der Waals surface area contributed by atoms with Gasteiger partial charge in [-0.3, -0.25) is 4.79 Å². The van der Waals surface area contributed by atoms with E-state index in [4.69, 9.17) is 10.00 Å². The van der Waals surface area contributed by atoms with Gasteiger partial charge >= 0.3 is 6.09 Å². The third-order valence-corrected chi connectivity index (χ3v) is 2.13. The molecule has 0 aliphatic heterocycles. The Hall–Kier alpha value is -2.29. The second-order valence-electron chi connectivity index (χ2n) is 4.99. The van der Waals surface area contributed by atoms with Crippen molar-refractivity contribution in [3.63, 3.8) is 0 Å². The van der Waals surface area contributed by atoms with Crippen LogP contribution in [0.1, 0.15) is 26.3 Å². The highest BCUT2D eigenvalue weighted by molar-refractivity contribution is 5.67. The minimum Gasteiger partial charge on any atom is -0.444 e. The molecule has 0 saturated carbocycles. The van der Waals surface area contributed by atoms with Crippen LogP contribution in [0.3, 0.4) is 0 Å². The van der Waals surface area contributed by atoms with Crippen molar-refractivity contribution < 1.29 is 9.53 Å². The van der Waals surface area contributed by atoms with Gasteiger partial charge in [0.25, 0.3) is 5.56 Å². The lowest BCUT2D eigenvalue weighted by Crippen LogP contribution is -2.35. The molecule has 0 saturated heterocycles. The lowest BCUT2D eigenvalue weighted by Gasteiger charge is -2.19. The molecule has 0 spiro atoms. The molecule has 0 unspecified atom stereocenters. The summed E-state index contributed by atoms with van der Waals surface area (Å²) in [5.74, 6) is 0. The zero-order chi connectivity index (χ0) is 14.5. The van der Waals surface area contributed by atoms with Crippen LogP contribution >= 0.6 is 0 Å². The Morgan fingerprint density at radius 1 is 1.47 bits per heavy atom. The van der Waals surface area contributed by atoms with Gasteiger partial charge in [0.15, 0.2) is 0 Å². The zero-order valence-electron chi connectivity index (χ0n) is 11.3. The van der Waals surface area contributed by atoms with E-state index in [0.29, 0.717) is 5.56 Å². The summed E-state index contributed by atoms with van der Waals surface area (Å²) in [4.78, 5) is 22.9. The van der Waals surface area contributed by atoms with E-state index in [9.17, 15) is 9.59 Å². The number of nitrogens with zero attached hydrogens (tertiary/aromatic N) is 2. The summed E-state index contributed by atoms with van der Waals surface area (Å²) in [6, 6.07) is 4.74. The van der Waals surface area contributed by atoms with Gasteiger partial charge in [-0.1, -0.05) is 0 Å². The number of hydrogen-bond acceptors (Lipinski definition) is 4. The van der Waals surface area contributed by atoms with Gasteiger partial charge in [0, 0.05) is 25.4 Å². The second kappa shape index (κ2) is 6.05. The summed E-state index contributed by atoms with van der Waals surface area (Å²) in [7, 11) is 0. The van der Waals surface area contributed by atoms with Crippen molar-refractivity contribution in [3.8, 4) is 6.07 Å². The number of carbonyl (C=O) groups excluding carboxylic acids is 1. The number of alkyl carbamates (subject to hydrolysis) is 1. The van der Waals surface area contributed by atoms with E-state index in [2.05, 4.69) is 5.32 Å². The maximum Gasteiger partial charge on any atom is 0.407 e. The first-order valence-electron chi connectivity index (χ1n) is 5.89. The smallest absolute Gasteiger partial charge is 0.407 e. The largest absolute Gasteiger partial charge is 0.444 e. The van der Waals surface area contributed by atoms with Gasteiger partial charge in [0.05, 0.1) is 5.56 Å². The van der Waals surface area contributed by atoms with E-state index in [-0.39, 0.29) is 18.6 Å². The maximum atomic E-state index is 11.5. The van der Waals surface area contributed by atoms with Crippen LogP contribution in [0.4, 0.5) is 4.79 Å². The van der Waals surface area contributed by atoms with E-state index in [1.165, 1.54) is 22.9 Å². The van der Waals surface area contributed by atoms with Crippen LogP contribution in [0.15, 0.2) is 23.1 Å². The number of nitriles is 1. The lowest BCUT2D eigenvalue weighted by atomic mass is 10.2. The maximum absolute atomic E-state index is 11.5. The molecule has 1 heterocycles. The molecule has 6 nitrogen and oxygen atoms in total. The van der Waals surface area contributed by atoms with E-state index in [1.807, 2.05) is 6.07 Å². The predicted octanol–water partition coefficient (Wildman–Crippen LogP) is 1.24. The van der Waals surface area contributed by atoms with Crippen LogP contribution in [-0.4, -0.2) is 22.8 Å². The molecule has 19 heavy (non-hydrogen) atoms. The second-order valence-corrected chi connectivity index (χ2v) is 4.99. The Labute approximate surface area is 111 Å². The van der Waals surface area contributed by atoms with Gasteiger partial charge < -0.3 is 14.6 Å². The van der Waals surface area contributed by atoms with E-state index in [1.54, 1.807) is 20.8 Å². The summed E-state index contributed by atoms with van der Waals surface area (Å²) < 4.78 is 6.43. The fourth-order valence-electron chi connectivity index (χ4n) is 1.36. The van der Waals surface area contributed by atoms with Crippen molar-refractivity contribution >= 4 is 6.09 Å². The monoisotopic (exact) mass is 263 g/mol. The molecule has 102 valence electrons. The standard InChI is InChI=1S/C13H17N3O3/c1-13(2,3)19-12(18)15-6-7-16-9-10(8-14)4-5-11(16)17/h4-5,9H,6-7H2,1-3H3,(H,15,18). The van der Waals surface area contributed by atoms with Crippen molar-refractivity contribution in [2.24, 2.45) is 0 Å². The first-order chi connectivity index (χ1) is 8.81. The van der Waals surface area contributed by atoms with Crippen molar-refractivity contribution in [1.29, 1.82) is 5.26 Å². The average molecular weight is 263 g/mol. The SMILES string of the molecule is CC(C)(C)OC(=O)NCCn1cc(C#N)ccc1=O. The minimum atomic E-state index is -0.554. The fourth-order valence-corrected chi connectivity index (χ4v) is 1.36. The van der Waals surface area contributed by atoms with Crippen LogP contribution in [0, 0.1) is 11.3 Å². The summed E-state index contributed by atoms with van der Waals surface area (Å²) in [6.07, 6.45) is 0.927. The van der Waals surface area contributed by atoms with Gasteiger partial charge in [-0.15, -0.1) is 0 Å². The molecule has 0 bridgehead atoms. The number of pyridine rings is 1. The third kappa shape index (κ3) is 5.25. The molecule has 1 aromatic heterocycles. The summed E-state index contributed by atoms with van der Waals surface area (Å²) in [5.41, 5.74) is -0.372. The predicted molar refractivity (Wildman–Crippen MR) is 69.7 cm³/mol. The quantitative estimate of drug-likeness (QED) is 0.889. The molecule has 1 aromatic rings. The molecule has 1 amide bonds. The van der Waals surface area contributed by atoms with Crippen molar-refractivity contribution in [2.75, 3.05) is 6.54 Å². The van der Waals surface area contributed by atoms with Gasteiger partial charge in [0.2, 0.25) is 0 Å². The van der Waals surface area contributed by atoms with Crippen LogP contribution in [0.25, 0.3) is 0 Å². The molecule has 0 aromatic carbocycles. The van der Waals surface area contributed by atoms with Gasteiger partial charge in [-0.25, -0.2) is 4.79 Å². The fraction of sp³-hybridized carbons (Fsp3) is 0.462. The van der Waals surface area contributed by atoms with Crippen molar-refractivity contribution in [2.45, 2.75) is 32.9 Å². The molecule has 0 atom stereocenters. The number of rotatable bonds is 3. The van der Waals surface area contributed by atoms with Gasteiger partial charge in [0.1, 0.15) is 11.7 Å². The average Bonchev–Trinajstić information content (AvgIpc) is 2.29. The molecule has 0 fully saturated rings. The summed E-state index contributed by atoms with van der Waals surface area (Å²) >= 11 is 0.